The summed E-state index contributed by atoms with van der Waals surface area (Å²) < 4.78 is 14.9. The topological polar surface area (TPSA) is 37.3 Å². The molecular weight excluding hydrogens is 291 g/mol. The predicted octanol–water partition coefficient (Wildman–Crippen LogP) is 4.30. The van der Waals surface area contributed by atoms with Gasteiger partial charge in [-0.25, -0.2) is 4.39 Å². The number of Topliss-reactive ketones (excluding diaryl/α,β-unsaturated/α-hetero) is 1. The van der Waals surface area contributed by atoms with Crippen molar-refractivity contribution in [3.8, 4) is 0 Å². The number of alkyl halides is 1. The minimum absolute atomic E-state index is 0.252. The van der Waals surface area contributed by atoms with Gasteiger partial charge in [0, 0.05) is 12.8 Å². The largest absolute Gasteiger partial charge is 0.389 e. The number of carbonyl (C=O) groups excluding carboxylic acids is 1. The lowest BCUT2D eigenvalue weighted by molar-refractivity contribution is -0.143. The molecule has 0 heterocycles. The normalized spacial score (nSPS) is 59.2. The Balaban J connectivity index is 1.66. The summed E-state index contributed by atoms with van der Waals surface area (Å²) in [5, 5.41) is 10.6. The number of carbonyl (C=O) groups is 1. The summed E-state index contributed by atoms with van der Waals surface area (Å²) in [5.41, 5.74) is -1.43. The van der Waals surface area contributed by atoms with Crippen LogP contribution in [0.1, 0.15) is 72.1 Å². The highest BCUT2D eigenvalue weighted by molar-refractivity contribution is 5.79. The molecule has 4 saturated carbocycles. The molecule has 0 spiro atoms. The van der Waals surface area contributed by atoms with Gasteiger partial charge in [-0.3, -0.25) is 4.79 Å². The lowest BCUT2D eigenvalue weighted by atomic mass is 9.45. The number of hydrogen-bond donors (Lipinski definition) is 1. The van der Waals surface area contributed by atoms with Gasteiger partial charge in [0.2, 0.25) is 0 Å². The van der Waals surface area contributed by atoms with Crippen LogP contribution in [0, 0.1) is 34.5 Å². The first-order valence-electron chi connectivity index (χ1n) is 9.57. The van der Waals surface area contributed by atoms with Crippen molar-refractivity contribution in [2.24, 2.45) is 34.5 Å². The predicted molar refractivity (Wildman–Crippen MR) is 87.6 cm³/mol. The van der Waals surface area contributed by atoms with Crippen LogP contribution in [-0.4, -0.2) is 22.7 Å². The van der Waals surface area contributed by atoms with E-state index in [0.717, 1.165) is 44.9 Å². The van der Waals surface area contributed by atoms with Gasteiger partial charge in [-0.1, -0.05) is 13.8 Å². The summed E-state index contributed by atoms with van der Waals surface area (Å²) in [6, 6.07) is 0. The maximum absolute atomic E-state index is 14.9. The van der Waals surface area contributed by atoms with Gasteiger partial charge < -0.3 is 5.11 Å². The monoisotopic (exact) mass is 322 g/mol. The van der Waals surface area contributed by atoms with Gasteiger partial charge in [0.05, 0.1) is 6.10 Å². The van der Waals surface area contributed by atoms with Gasteiger partial charge in [0.25, 0.3) is 0 Å². The van der Waals surface area contributed by atoms with Gasteiger partial charge in [-0.15, -0.1) is 0 Å². The van der Waals surface area contributed by atoms with Crippen molar-refractivity contribution >= 4 is 5.78 Å². The second-order valence-corrected chi connectivity index (χ2v) is 9.83. The third-order valence-corrected chi connectivity index (χ3v) is 8.73. The van der Waals surface area contributed by atoms with E-state index in [1.54, 1.807) is 6.92 Å². The summed E-state index contributed by atoms with van der Waals surface area (Å²) in [7, 11) is 0. The van der Waals surface area contributed by atoms with E-state index in [2.05, 4.69) is 13.8 Å². The molecule has 4 aliphatic carbocycles. The van der Waals surface area contributed by atoms with Crippen LogP contribution in [0.25, 0.3) is 0 Å². The number of fused-ring (bicyclic) bond motifs is 5. The van der Waals surface area contributed by atoms with Crippen molar-refractivity contribution in [1.82, 2.24) is 0 Å². The highest BCUT2D eigenvalue weighted by Crippen LogP contribution is 2.67. The quantitative estimate of drug-likeness (QED) is 0.722. The van der Waals surface area contributed by atoms with Crippen LogP contribution in [0.5, 0.6) is 0 Å². The van der Waals surface area contributed by atoms with E-state index in [1.165, 1.54) is 0 Å². The van der Waals surface area contributed by atoms with Crippen molar-refractivity contribution < 1.29 is 14.3 Å². The first-order chi connectivity index (χ1) is 10.7. The second kappa shape index (κ2) is 4.80. The van der Waals surface area contributed by atoms with E-state index < -0.39 is 11.8 Å². The molecule has 0 amide bonds. The Bertz CT molecular complexity index is 530. The van der Waals surface area contributed by atoms with E-state index in [4.69, 9.17) is 0 Å². The first kappa shape index (κ1) is 16.1. The summed E-state index contributed by atoms with van der Waals surface area (Å²) in [4.78, 5) is 11.9. The average molecular weight is 322 g/mol. The zero-order valence-electron chi connectivity index (χ0n) is 14.8. The molecule has 0 unspecified atom stereocenters. The highest BCUT2D eigenvalue weighted by Gasteiger charge is 2.65. The van der Waals surface area contributed by atoms with Crippen LogP contribution in [0.3, 0.4) is 0 Å². The molecule has 0 saturated heterocycles. The minimum atomic E-state index is -1.44. The molecule has 0 bridgehead atoms. The van der Waals surface area contributed by atoms with E-state index in [0.29, 0.717) is 35.9 Å². The van der Waals surface area contributed by atoms with E-state index in [-0.39, 0.29) is 10.8 Å². The second-order valence-electron chi connectivity index (χ2n) is 9.83. The van der Waals surface area contributed by atoms with E-state index in [9.17, 15) is 14.3 Å². The summed E-state index contributed by atoms with van der Waals surface area (Å²) in [5.74, 6) is 2.45. The zero-order valence-corrected chi connectivity index (χ0v) is 14.8. The fourth-order valence-corrected chi connectivity index (χ4v) is 7.35. The molecule has 0 aromatic carbocycles. The molecule has 4 fully saturated rings. The third kappa shape index (κ3) is 2.04. The average Bonchev–Trinajstić information content (AvgIpc) is 2.68. The van der Waals surface area contributed by atoms with Crippen molar-refractivity contribution in [2.75, 3.05) is 0 Å². The Morgan fingerprint density at radius 1 is 1.04 bits per heavy atom. The molecule has 1 N–H and O–H groups in total. The fraction of sp³-hybridized carbons (Fsp3) is 0.950. The van der Waals surface area contributed by atoms with Crippen LogP contribution < -0.4 is 0 Å². The zero-order chi connectivity index (χ0) is 16.6. The number of halogens is 1. The van der Waals surface area contributed by atoms with Crippen molar-refractivity contribution in [3.63, 3.8) is 0 Å². The van der Waals surface area contributed by atoms with Crippen molar-refractivity contribution in [3.05, 3.63) is 0 Å². The molecular formula is C20H31FO2. The van der Waals surface area contributed by atoms with Crippen LogP contribution in [0.15, 0.2) is 0 Å². The number of aliphatic hydroxyl groups is 1. The number of hydrogen-bond acceptors (Lipinski definition) is 2. The van der Waals surface area contributed by atoms with E-state index >= 15 is 0 Å². The third-order valence-electron chi connectivity index (χ3n) is 8.73. The van der Waals surface area contributed by atoms with Gasteiger partial charge in [0.15, 0.2) is 0 Å². The first-order valence-corrected chi connectivity index (χ1v) is 9.57. The number of rotatable bonds is 0. The minimum Gasteiger partial charge on any atom is -0.389 e. The molecule has 0 aromatic rings. The van der Waals surface area contributed by atoms with Crippen LogP contribution in [-0.2, 0) is 4.79 Å². The fourth-order valence-electron chi connectivity index (χ4n) is 7.35. The maximum atomic E-state index is 14.9. The summed E-state index contributed by atoms with van der Waals surface area (Å²) in [6.45, 7) is 6.13. The molecule has 8 atom stereocenters. The number of aliphatic hydroxyl groups excluding tert-OH is 1. The SMILES string of the molecule is C[C@]12CCC(=O)C[C@@H]1CC[C@@H]1[C@@H]2CC[C@]2(C)[C@@H](O)[C@](C)(F)C[C@@H]12. The van der Waals surface area contributed by atoms with Crippen LogP contribution in [0.4, 0.5) is 4.39 Å². The maximum Gasteiger partial charge on any atom is 0.134 e. The van der Waals surface area contributed by atoms with Crippen LogP contribution >= 0.6 is 0 Å². The molecule has 130 valence electrons. The molecule has 23 heavy (non-hydrogen) atoms. The lowest BCUT2D eigenvalue weighted by Gasteiger charge is -2.59. The Morgan fingerprint density at radius 3 is 2.52 bits per heavy atom. The Morgan fingerprint density at radius 2 is 1.78 bits per heavy atom. The number of ketones is 1. The molecule has 3 heteroatoms. The lowest BCUT2D eigenvalue weighted by Crippen LogP contribution is -2.54. The smallest absolute Gasteiger partial charge is 0.134 e. The highest BCUT2D eigenvalue weighted by atomic mass is 19.1. The van der Waals surface area contributed by atoms with Crippen LogP contribution in [0.2, 0.25) is 0 Å². The molecule has 0 aromatic heterocycles. The van der Waals surface area contributed by atoms with Gasteiger partial charge >= 0.3 is 0 Å². The van der Waals surface area contributed by atoms with E-state index in [1.807, 2.05) is 0 Å². The molecule has 0 radical (unpaired) electrons. The Labute approximate surface area is 139 Å². The Kier molecular flexibility index (Phi) is 3.35. The molecule has 4 aliphatic rings. The van der Waals surface area contributed by atoms with Gasteiger partial charge in [-0.05, 0) is 80.0 Å². The molecule has 2 nitrogen and oxygen atoms in total. The Hall–Kier alpha value is -0.440. The molecule has 0 aliphatic heterocycles. The summed E-state index contributed by atoms with van der Waals surface area (Å²) in [6.07, 6.45) is 6.52. The summed E-state index contributed by atoms with van der Waals surface area (Å²) >= 11 is 0. The standard InChI is InChI=1S/C20H31FO2/c1-18-8-6-13(22)10-12(18)4-5-14-15(18)7-9-19(2)16(14)11-20(3,21)17(19)23/h12,14-17,23H,4-11H2,1-3H3/t12-,14+,15-,16-,17+,18-,19-,20+/m0/s1. The van der Waals surface area contributed by atoms with Gasteiger partial charge in [0.1, 0.15) is 11.5 Å². The van der Waals surface area contributed by atoms with Crippen molar-refractivity contribution in [1.29, 1.82) is 0 Å². The van der Waals surface area contributed by atoms with Gasteiger partial charge in [-0.2, -0.15) is 0 Å². The van der Waals surface area contributed by atoms with Crippen molar-refractivity contribution in [2.45, 2.75) is 83.9 Å². The molecule has 4 rings (SSSR count).